The fraction of sp³-hybridized carbons (Fsp3) is 0.903. The van der Waals surface area contributed by atoms with Crippen molar-refractivity contribution in [3.63, 3.8) is 0 Å². The van der Waals surface area contributed by atoms with E-state index >= 15 is 0 Å². The lowest BCUT2D eigenvalue weighted by atomic mass is 10.2. The Hall–Kier alpha value is -1.91. The molecule has 0 radical (unpaired) electrons. The van der Waals surface area contributed by atoms with Crippen molar-refractivity contribution in [2.45, 2.75) is 12.8 Å². The van der Waals surface area contributed by atoms with Crippen LogP contribution >= 0.6 is 0 Å². The summed E-state index contributed by atoms with van der Waals surface area (Å²) < 4.78 is 64.4. The highest BCUT2D eigenvalue weighted by Gasteiger charge is 2.21. The first-order valence-electron chi connectivity index (χ1n) is 16.7. The van der Waals surface area contributed by atoms with Crippen LogP contribution in [-0.4, -0.2) is 200 Å². The first kappa shape index (κ1) is 47.1. The molecule has 3 N–H and O–H groups in total. The van der Waals surface area contributed by atoms with Gasteiger partial charge in [-0.1, -0.05) is 0 Å². The predicted octanol–water partition coefficient (Wildman–Crippen LogP) is -1.01. The minimum Gasteiger partial charge on any atom is -0.481 e. The Balaban J connectivity index is 0.00000289. The topological polar surface area (TPSA) is 211 Å². The van der Waals surface area contributed by atoms with E-state index in [1.807, 2.05) is 0 Å². The number of hydrogen-bond donors (Lipinski definition) is 2. The number of ether oxygens (including phenoxy) is 12. The molecular weight excluding hydrogens is 656 g/mol. The molecule has 0 aromatic rings. The average Bonchev–Trinajstić information content (AvgIpc) is 3.09. The standard InChI is InChI=1S/C27H55NO14.C4H5NO2/c28-2-4-32-6-8-34-10-12-36-14-16-38-18-20-40-22-24-42-26-25-41-23-21-39-19-17-37-15-13-35-11-9-33-7-5-31-3-1-27(29)30;6-3-5-2-1-4(5)7/h1-26,28H2,(H,29,30);3H,1-2H2. The maximum Gasteiger partial charge on any atom is 0.305 e. The smallest absolute Gasteiger partial charge is 0.305 e. The third-order valence-electron chi connectivity index (χ3n) is 5.83. The number of carbonyl (C=O) groups excluding carboxylic acids is 2. The molecule has 0 atom stereocenters. The van der Waals surface area contributed by atoms with Crippen LogP contribution in [0.4, 0.5) is 0 Å². The second kappa shape index (κ2) is 40.5. The summed E-state index contributed by atoms with van der Waals surface area (Å²) in [5, 5.41) is 8.48. The van der Waals surface area contributed by atoms with Gasteiger partial charge in [-0.3, -0.25) is 19.3 Å². The maximum absolute atomic E-state index is 10.3. The number of β-lactam (4-membered cyclic amide) rings is 1. The van der Waals surface area contributed by atoms with Crippen molar-refractivity contribution in [1.29, 1.82) is 0 Å². The zero-order chi connectivity index (χ0) is 35.7. The van der Waals surface area contributed by atoms with Gasteiger partial charge in [-0.05, 0) is 0 Å². The van der Waals surface area contributed by atoms with Gasteiger partial charge in [0.2, 0.25) is 12.3 Å². The molecule has 290 valence electrons. The van der Waals surface area contributed by atoms with Crippen LogP contribution in [0.1, 0.15) is 12.8 Å². The summed E-state index contributed by atoms with van der Waals surface area (Å²) in [6, 6.07) is 0. The number of carboxylic acids is 1. The van der Waals surface area contributed by atoms with Gasteiger partial charge in [0.05, 0.1) is 165 Å². The third kappa shape index (κ3) is 38.7. The van der Waals surface area contributed by atoms with Gasteiger partial charge in [0, 0.05) is 19.5 Å². The number of imide groups is 1. The Labute approximate surface area is 289 Å². The van der Waals surface area contributed by atoms with Gasteiger partial charge in [0.25, 0.3) is 0 Å². The molecule has 0 aromatic carbocycles. The van der Waals surface area contributed by atoms with E-state index in [0.717, 1.165) is 4.90 Å². The molecular formula is C31H60N2O16. The van der Waals surface area contributed by atoms with E-state index in [0.29, 0.717) is 178 Å². The molecule has 0 spiro atoms. The Morgan fingerprint density at radius 2 is 0.755 bits per heavy atom. The van der Waals surface area contributed by atoms with Gasteiger partial charge in [-0.25, -0.2) is 0 Å². The molecule has 1 aliphatic rings. The van der Waals surface area contributed by atoms with Crippen LogP contribution in [-0.2, 0) is 71.2 Å². The third-order valence-corrected chi connectivity index (χ3v) is 5.83. The van der Waals surface area contributed by atoms with Crippen molar-refractivity contribution in [1.82, 2.24) is 4.90 Å². The van der Waals surface area contributed by atoms with E-state index in [1.165, 1.54) is 0 Å². The normalized spacial score (nSPS) is 12.5. The van der Waals surface area contributed by atoms with Gasteiger partial charge in [-0.15, -0.1) is 0 Å². The molecule has 18 heteroatoms. The number of hydrogen-bond acceptors (Lipinski definition) is 16. The molecule has 0 bridgehead atoms. The predicted molar refractivity (Wildman–Crippen MR) is 174 cm³/mol. The van der Waals surface area contributed by atoms with E-state index in [-0.39, 0.29) is 18.9 Å². The van der Waals surface area contributed by atoms with E-state index in [4.69, 9.17) is 67.7 Å². The van der Waals surface area contributed by atoms with Crippen LogP contribution < -0.4 is 5.73 Å². The summed E-state index contributed by atoms with van der Waals surface area (Å²) in [4.78, 5) is 31.3. The van der Waals surface area contributed by atoms with Crippen molar-refractivity contribution in [3.8, 4) is 0 Å². The van der Waals surface area contributed by atoms with Crippen LogP contribution in [0.25, 0.3) is 0 Å². The lowest BCUT2D eigenvalue weighted by Gasteiger charge is -2.22. The Morgan fingerprint density at radius 1 is 0.510 bits per heavy atom. The number of aliphatic carboxylic acids is 1. The fourth-order valence-corrected chi connectivity index (χ4v) is 3.21. The van der Waals surface area contributed by atoms with Gasteiger partial charge in [0.1, 0.15) is 0 Å². The number of rotatable bonds is 39. The summed E-state index contributed by atoms with van der Waals surface area (Å²) in [5.41, 5.74) is 5.32. The number of likely N-dealkylation sites (tertiary alicyclic amines) is 1. The highest BCUT2D eigenvalue weighted by Crippen LogP contribution is 2.02. The van der Waals surface area contributed by atoms with Gasteiger partial charge in [0.15, 0.2) is 0 Å². The monoisotopic (exact) mass is 716 g/mol. The molecule has 1 heterocycles. The lowest BCUT2D eigenvalue weighted by Crippen LogP contribution is -2.41. The van der Waals surface area contributed by atoms with Crippen LogP contribution in [0.5, 0.6) is 0 Å². The molecule has 0 saturated carbocycles. The van der Waals surface area contributed by atoms with Crippen LogP contribution in [0.2, 0.25) is 0 Å². The number of carboxylic acid groups (broad SMARTS) is 1. The molecule has 18 nitrogen and oxygen atoms in total. The number of nitrogens with two attached hydrogens (primary N) is 1. The first-order valence-corrected chi connectivity index (χ1v) is 16.7. The largest absolute Gasteiger partial charge is 0.481 e. The van der Waals surface area contributed by atoms with E-state index < -0.39 is 5.97 Å². The zero-order valence-corrected chi connectivity index (χ0v) is 29.0. The quantitative estimate of drug-likeness (QED) is 0.0443. The van der Waals surface area contributed by atoms with Crippen molar-refractivity contribution < 1.29 is 76.3 Å². The lowest BCUT2D eigenvalue weighted by molar-refractivity contribution is -0.146. The van der Waals surface area contributed by atoms with Crippen LogP contribution in [0.3, 0.4) is 0 Å². The van der Waals surface area contributed by atoms with Crippen molar-refractivity contribution >= 4 is 18.3 Å². The SMILES string of the molecule is NCCOCCOCCOCCOCCOCCOCCOCCOCCOCCOCCOCCOCCC(=O)O.O=CN1CCC1=O. The molecule has 49 heavy (non-hydrogen) atoms. The zero-order valence-electron chi connectivity index (χ0n) is 29.0. The van der Waals surface area contributed by atoms with E-state index in [1.54, 1.807) is 0 Å². The van der Waals surface area contributed by atoms with E-state index in [9.17, 15) is 14.4 Å². The highest BCUT2D eigenvalue weighted by molar-refractivity contribution is 5.91. The van der Waals surface area contributed by atoms with Crippen molar-refractivity contribution in [2.24, 2.45) is 5.73 Å². The molecule has 1 saturated heterocycles. The summed E-state index contributed by atoms with van der Waals surface area (Å²) in [6.07, 6.45) is 1.10. The minimum atomic E-state index is -0.874. The molecule has 0 aromatic heterocycles. The number of carbonyl (C=O) groups is 3. The molecule has 0 aliphatic carbocycles. The number of amides is 2. The second-order valence-corrected chi connectivity index (χ2v) is 9.72. The van der Waals surface area contributed by atoms with Crippen LogP contribution in [0, 0.1) is 0 Å². The van der Waals surface area contributed by atoms with E-state index in [2.05, 4.69) is 0 Å². The average molecular weight is 717 g/mol. The maximum atomic E-state index is 10.3. The molecule has 2 amide bonds. The summed E-state index contributed by atoms with van der Waals surface area (Å²) in [6.45, 7) is 12.6. The van der Waals surface area contributed by atoms with Crippen LogP contribution in [0.15, 0.2) is 0 Å². The minimum absolute atomic E-state index is 0.00219. The fourth-order valence-electron chi connectivity index (χ4n) is 3.21. The van der Waals surface area contributed by atoms with Gasteiger partial charge in [-0.2, -0.15) is 0 Å². The molecule has 1 rings (SSSR count). The number of nitrogens with zero attached hydrogens (tertiary/aromatic N) is 1. The van der Waals surface area contributed by atoms with Gasteiger partial charge >= 0.3 is 5.97 Å². The Morgan fingerprint density at radius 3 is 0.898 bits per heavy atom. The highest BCUT2D eigenvalue weighted by atomic mass is 16.6. The molecule has 1 fully saturated rings. The van der Waals surface area contributed by atoms with Gasteiger partial charge < -0.3 is 67.7 Å². The van der Waals surface area contributed by atoms with Crippen molar-refractivity contribution in [3.05, 3.63) is 0 Å². The Bertz CT molecular complexity index is 725. The van der Waals surface area contributed by atoms with Crippen molar-refractivity contribution in [2.75, 3.05) is 172 Å². The Kier molecular flexibility index (Phi) is 38.9. The summed E-state index contributed by atoms with van der Waals surface area (Å²) >= 11 is 0. The second-order valence-electron chi connectivity index (χ2n) is 9.72. The molecule has 0 unspecified atom stereocenters. The summed E-state index contributed by atoms with van der Waals surface area (Å²) in [5.74, 6) is -0.935. The molecule has 1 aliphatic heterocycles. The first-order chi connectivity index (χ1) is 24.1. The summed E-state index contributed by atoms with van der Waals surface area (Å²) in [7, 11) is 0.